The zero-order chi connectivity index (χ0) is 11.4. The van der Waals surface area contributed by atoms with Crippen LogP contribution < -0.4 is 0 Å². The first-order valence-electron chi connectivity index (χ1n) is 5.56. The minimum Gasteiger partial charge on any atom is -0.451 e. The summed E-state index contributed by atoms with van der Waals surface area (Å²) >= 11 is 0. The topological polar surface area (TPSA) is 43.4 Å². The molecule has 3 nitrogen and oxygen atoms in total. The Hall–Kier alpha value is -1.64. The molecule has 1 aromatic carbocycles. The van der Waals surface area contributed by atoms with E-state index in [1.807, 2.05) is 6.07 Å². The summed E-state index contributed by atoms with van der Waals surface area (Å²) in [6.07, 6.45) is 2.54. The molecule has 0 bridgehead atoms. The van der Waals surface area contributed by atoms with Gasteiger partial charge in [-0.25, -0.2) is 4.79 Å². The summed E-state index contributed by atoms with van der Waals surface area (Å²) in [5, 5.41) is 0. The van der Waals surface area contributed by atoms with Crippen LogP contribution in [-0.4, -0.2) is 17.9 Å². The number of benzene rings is 1. The van der Waals surface area contributed by atoms with Crippen molar-refractivity contribution in [1.29, 1.82) is 0 Å². The molecule has 0 amide bonds. The van der Waals surface area contributed by atoms with Gasteiger partial charge < -0.3 is 4.74 Å². The van der Waals surface area contributed by atoms with Crippen molar-refractivity contribution in [2.75, 3.05) is 0 Å². The number of carbonyl (C=O) groups is 2. The Morgan fingerprint density at radius 1 is 1.19 bits per heavy atom. The SMILES string of the molecule is O=C(O[C@@H]1CCCCC1=O)c1ccccc1. The molecule has 1 atom stereocenters. The summed E-state index contributed by atoms with van der Waals surface area (Å²) in [4.78, 5) is 23.2. The van der Waals surface area contributed by atoms with Crippen molar-refractivity contribution in [3.8, 4) is 0 Å². The van der Waals surface area contributed by atoms with E-state index in [2.05, 4.69) is 0 Å². The minimum atomic E-state index is -0.526. The molecule has 0 saturated heterocycles. The zero-order valence-corrected chi connectivity index (χ0v) is 9.02. The van der Waals surface area contributed by atoms with Crippen molar-refractivity contribution in [2.45, 2.75) is 31.8 Å². The molecule has 0 spiro atoms. The van der Waals surface area contributed by atoms with E-state index in [9.17, 15) is 9.59 Å². The molecule has 1 fully saturated rings. The Balaban J connectivity index is 1.99. The number of ketones is 1. The lowest BCUT2D eigenvalue weighted by molar-refractivity contribution is -0.129. The highest BCUT2D eigenvalue weighted by molar-refractivity contribution is 5.92. The molecule has 1 saturated carbocycles. The van der Waals surface area contributed by atoms with Gasteiger partial charge >= 0.3 is 5.97 Å². The Kier molecular flexibility index (Phi) is 3.34. The van der Waals surface area contributed by atoms with Gasteiger partial charge in [-0.3, -0.25) is 4.79 Å². The molecule has 1 aromatic rings. The number of rotatable bonds is 2. The summed E-state index contributed by atoms with van der Waals surface area (Å²) in [5.41, 5.74) is 0.501. The normalized spacial score (nSPS) is 20.5. The fraction of sp³-hybridized carbons (Fsp3) is 0.385. The van der Waals surface area contributed by atoms with Gasteiger partial charge in [0, 0.05) is 6.42 Å². The number of ether oxygens (including phenoxy) is 1. The van der Waals surface area contributed by atoms with Crippen LogP contribution >= 0.6 is 0 Å². The Morgan fingerprint density at radius 2 is 1.94 bits per heavy atom. The first kappa shape index (κ1) is 10.9. The van der Waals surface area contributed by atoms with Gasteiger partial charge in [-0.15, -0.1) is 0 Å². The van der Waals surface area contributed by atoms with Crippen molar-refractivity contribution in [2.24, 2.45) is 0 Å². The van der Waals surface area contributed by atoms with Gasteiger partial charge in [-0.05, 0) is 31.4 Å². The van der Waals surface area contributed by atoms with Crippen LogP contribution in [0.5, 0.6) is 0 Å². The number of carbonyl (C=O) groups excluding carboxylic acids is 2. The van der Waals surface area contributed by atoms with Crippen LogP contribution in [0.25, 0.3) is 0 Å². The van der Waals surface area contributed by atoms with E-state index in [1.165, 1.54) is 0 Å². The van der Waals surface area contributed by atoms with Crippen LogP contribution in [0, 0.1) is 0 Å². The van der Waals surface area contributed by atoms with E-state index in [0.717, 1.165) is 12.8 Å². The molecule has 0 aliphatic heterocycles. The molecular weight excluding hydrogens is 204 g/mol. The van der Waals surface area contributed by atoms with Crippen molar-refractivity contribution in [3.63, 3.8) is 0 Å². The molecule has 0 heterocycles. The second-order valence-corrected chi connectivity index (χ2v) is 3.97. The minimum absolute atomic E-state index is 0.0514. The van der Waals surface area contributed by atoms with Crippen LogP contribution in [0.3, 0.4) is 0 Å². The summed E-state index contributed by atoms with van der Waals surface area (Å²) in [5.74, 6) is -0.351. The fourth-order valence-electron chi connectivity index (χ4n) is 1.85. The molecule has 1 aliphatic carbocycles. The average Bonchev–Trinajstić information content (AvgIpc) is 2.33. The van der Waals surface area contributed by atoms with Crippen molar-refractivity contribution < 1.29 is 14.3 Å². The molecule has 16 heavy (non-hydrogen) atoms. The second-order valence-electron chi connectivity index (χ2n) is 3.97. The van der Waals surface area contributed by atoms with Crippen molar-refractivity contribution in [3.05, 3.63) is 35.9 Å². The summed E-state index contributed by atoms with van der Waals surface area (Å²) in [6, 6.07) is 8.77. The monoisotopic (exact) mass is 218 g/mol. The molecule has 2 rings (SSSR count). The number of esters is 1. The Labute approximate surface area is 94.4 Å². The first-order valence-corrected chi connectivity index (χ1v) is 5.56. The molecule has 84 valence electrons. The predicted molar refractivity (Wildman–Crippen MR) is 59.1 cm³/mol. The van der Waals surface area contributed by atoms with Crippen LogP contribution in [0.1, 0.15) is 36.0 Å². The molecule has 0 N–H and O–H groups in total. The maximum atomic E-state index is 11.7. The summed E-state index contributed by atoms with van der Waals surface area (Å²) in [7, 11) is 0. The highest BCUT2D eigenvalue weighted by atomic mass is 16.5. The fourth-order valence-corrected chi connectivity index (χ4v) is 1.85. The van der Waals surface area contributed by atoms with Crippen molar-refractivity contribution >= 4 is 11.8 Å². The molecule has 0 radical (unpaired) electrons. The van der Waals surface area contributed by atoms with E-state index in [1.54, 1.807) is 24.3 Å². The predicted octanol–water partition coefficient (Wildman–Crippen LogP) is 2.36. The number of hydrogen-bond acceptors (Lipinski definition) is 3. The standard InChI is InChI=1S/C13H14O3/c14-11-8-4-5-9-12(11)16-13(15)10-6-2-1-3-7-10/h1-3,6-7,12H,4-5,8-9H2/t12-/m1/s1. The van der Waals surface area contributed by atoms with E-state index >= 15 is 0 Å². The van der Waals surface area contributed by atoms with Gasteiger partial charge in [0.25, 0.3) is 0 Å². The van der Waals surface area contributed by atoms with Gasteiger partial charge in [-0.1, -0.05) is 18.2 Å². The lowest BCUT2D eigenvalue weighted by Gasteiger charge is -2.20. The third-order valence-corrected chi connectivity index (χ3v) is 2.76. The molecule has 1 aliphatic rings. The molecular formula is C13H14O3. The summed E-state index contributed by atoms with van der Waals surface area (Å²) < 4.78 is 5.20. The first-order chi connectivity index (χ1) is 7.77. The lowest BCUT2D eigenvalue weighted by atomic mass is 9.96. The van der Waals surface area contributed by atoms with Gasteiger partial charge in [0.15, 0.2) is 11.9 Å². The maximum Gasteiger partial charge on any atom is 0.338 e. The van der Waals surface area contributed by atoms with E-state index < -0.39 is 12.1 Å². The Morgan fingerprint density at radius 3 is 2.62 bits per heavy atom. The van der Waals surface area contributed by atoms with E-state index in [4.69, 9.17) is 4.74 Å². The average molecular weight is 218 g/mol. The molecule has 0 aromatic heterocycles. The van der Waals surface area contributed by atoms with Crippen LogP contribution in [0.4, 0.5) is 0 Å². The van der Waals surface area contributed by atoms with Crippen molar-refractivity contribution in [1.82, 2.24) is 0 Å². The Bertz CT molecular complexity index is 383. The van der Waals surface area contributed by atoms with Crippen LogP contribution in [0.2, 0.25) is 0 Å². The van der Waals surface area contributed by atoms with Gasteiger partial charge in [-0.2, -0.15) is 0 Å². The van der Waals surface area contributed by atoms with E-state index in [-0.39, 0.29) is 5.78 Å². The largest absolute Gasteiger partial charge is 0.451 e. The van der Waals surface area contributed by atoms with E-state index in [0.29, 0.717) is 18.4 Å². The van der Waals surface area contributed by atoms with Crippen LogP contribution in [-0.2, 0) is 9.53 Å². The quantitative estimate of drug-likeness (QED) is 0.716. The lowest BCUT2D eigenvalue weighted by Crippen LogP contribution is -2.30. The third-order valence-electron chi connectivity index (χ3n) is 2.76. The van der Waals surface area contributed by atoms with Gasteiger partial charge in [0.05, 0.1) is 5.56 Å². The third kappa shape index (κ3) is 2.48. The van der Waals surface area contributed by atoms with Crippen LogP contribution in [0.15, 0.2) is 30.3 Å². The highest BCUT2D eigenvalue weighted by Gasteiger charge is 2.25. The van der Waals surface area contributed by atoms with Gasteiger partial charge in [0.2, 0.25) is 0 Å². The second kappa shape index (κ2) is 4.92. The van der Waals surface area contributed by atoms with Gasteiger partial charge in [0.1, 0.15) is 0 Å². The highest BCUT2D eigenvalue weighted by Crippen LogP contribution is 2.18. The smallest absolute Gasteiger partial charge is 0.338 e. The molecule has 3 heteroatoms. The zero-order valence-electron chi connectivity index (χ0n) is 9.02. The summed E-state index contributed by atoms with van der Waals surface area (Å²) in [6.45, 7) is 0. The molecule has 0 unspecified atom stereocenters. The maximum absolute atomic E-state index is 11.7. The number of Topliss-reactive ketones (excluding diaryl/α,β-unsaturated/α-hetero) is 1. The number of hydrogen-bond donors (Lipinski definition) is 0.